The molecular formula is C21H14BrF2NS. The standard InChI is InChI=1S/C21H14BrF2NS/c22-15-4-3-5-17(14-15)25-21(19-6-1-2-7-20(19)24)12-13-26-18-10-8-16(23)9-11-18/h1-14H. The molecule has 5 heteroatoms. The molecule has 0 unspecified atom stereocenters. The molecule has 0 aliphatic carbocycles. The molecule has 0 aliphatic heterocycles. The van der Waals surface area contributed by atoms with Gasteiger partial charge in [0.15, 0.2) is 0 Å². The van der Waals surface area contributed by atoms with E-state index in [-0.39, 0.29) is 11.6 Å². The number of allylic oxidation sites excluding steroid dienone is 1. The van der Waals surface area contributed by atoms with E-state index in [1.807, 2.05) is 29.7 Å². The largest absolute Gasteiger partial charge is 0.248 e. The van der Waals surface area contributed by atoms with Crippen molar-refractivity contribution in [2.24, 2.45) is 4.99 Å². The van der Waals surface area contributed by atoms with Crippen molar-refractivity contribution >= 4 is 39.1 Å². The van der Waals surface area contributed by atoms with Gasteiger partial charge in [-0.1, -0.05) is 45.9 Å². The molecule has 0 spiro atoms. The summed E-state index contributed by atoms with van der Waals surface area (Å²) in [6.07, 6.45) is 1.76. The first-order valence-corrected chi connectivity index (χ1v) is 9.47. The molecule has 1 nitrogen and oxygen atoms in total. The van der Waals surface area contributed by atoms with E-state index in [2.05, 4.69) is 20.9 Å². The lowest BCUT2D eigenvalue weighted by atomic mass is 10.1. The fourth-order valence-electron chi connectivity index (χ4n) is 2.23. The van der Waals surface area contributed by atoms with E-state index in [9.17, 15) is 8.78 Å². The Morgan fingerprint density at radius 2 is 1.69 bits per heavy atom. The summed E-state index contributed by atoms with van der Waals surface area (Å²) >= 11 is 4.83. The molecule has 0 saturated carbocycles. The number of aliphatic imine (C=N–C) groups is 1. The maximum Gasteiger partial charge on any atom is 0.132 e. The van der Waals surface area contributed by atoms with Crippen LogP contribution in [0.3, 0.4) is 0 Å². The van der Waals surface area contributed by atoms with Crippen LogP contribution in [0.5, 0.6) is 0 Å². The molecule has 0 fully saturated rings. The molecule has 3 aromatic rings. The second-order valence-electron chi connectivity index (χ2n) is 5.33. The molecule has 26 heavy (non-hydrogen) atoms. The van der Waals surface area contributed by atoms with Crippen molar-refractivity contribution in [3.63, 3.8) is 0 Å². The van der Waals surface area contributed by atoms with Gasteiger partial charge >= 0.3 is 0 Å². The zero-order valence-electron chi connectivity index (χ0n) is 13.6. The van der Waals surface area contributed by atoms with Gasteiger partial charge in [-0.05, 0) is 66.1 Å². The van der Waals surface area contributed by atoms with Crippen molar-refractivity contribution in [3.05, 3.63) is 106 Å². The third-order valence-electron chi connectivity index (χ3n) is 3.45. The second kappa shape index (κ2) is 8.92. The highest BCUT2D eigenvalue weighted by Crippen LogP contribution is 2.23. The summed E-state index contributed by atoms with van der Waals surface area (Å²) < 4.78 is 28.1. The molecule has 130 valence electrons. The van der Waals surface area contributed by atoms with Gasteiger partial charge in [-0.2, -0.15) is 0 Å². The molecule has 0 aliphatic rings. The van der Waals surface area contributed by atoms with Gasteiger partial charge in [-0.25, -0.2) is 13.8 Å². The minimum Gasteiger partial charge on any atom is -0.248 e. The molecule has 0 saturated heterocycles. The molecule has 3 rings (SSSR count). The van der Waals surface area contributed by atoms with Gasteiger partial charge < -0.3 is 0 Å². The van der Waals surface area contributed by atoms with Gasteiger partial charge in [0.25, 0.3) is 0 Å². The van der Waals surface area contributed by atoms with E-state index in [4.69, 9.17) is 0 Å². The van der Waals surface area contributed by atoms with Gasteiger partial charge in [0, 0.05) is 14.9 Å². The summed E-state index contributed by atoms with van der Waals surface area (Å²) in [7, 11) is 0. The first-order chi connectivity index (χ1) is 12.6. The Balaban J connectivity index is 1.91. The fourth-order valence-corrected chi connectivity index (χ4v) is 3.27. The molecule has 0 amide bonds. The topological polar surface area (TPSA) is 12.4 Å². The lowest BCUT2D eigenvalue weighted by Gasteiger charge is -2.05. The van der Waals surface area contributed by atoms with E-state index in [1.54, 1.807) is 36.4 Å². The van der Waals surface area contributed by atoms with Gasteiger partial charge in [0.05, 0.1) is 11.4 Å². The molecule has 0 radical (unpaired) electrons. The van der Waals surface area contributed by atoms with Crippen LogP contribution in [0.4, 0.5) is 14.5 Å². The number of halogens is 3. The third kappa shape index (κ3) is 5.13. The highest BCUT2D eigenvalue weighted by molar-refractivity contribution is 9.10. The van der Waals surface area contributed by atoms with E-state index >= 15 is 0 Å². The lowest BCUT2D eigenvalue weighted by molar-refractivity contribution is 0.625. The predicted octanol–water partition coefficient (Wildman–Crippen LogP) is 7.15. The number of benzene rings is 3. The van der Waals surface area contributed by atoms with Crippen molar-refractivity contribution in [3.8, 4) is 0 Å². The minimum atomic E-state index is -0.335. The molecule has 0 atom stereocenters. The predicted molar refractivity (Wildman–Crippen MR) is 108 cm³/mol. The number of hydrogen-bond acceptors (Lipinski definition) is 2. The number of nitrogens with zero attached hydrogens (tertiary/aromatic N) is 1. The summed E-state index contributed by atoms with van der Waals surface area (Å²) in [5.74, 6) is -0.612. The van der Waals surface area contributed by atoms with Crippen LogP contribution in [0, 0.1) is 11.6 Å². The van der Waals surface area contributed by atoms with Crippen molar-refractivity contribution in [2.45, 2.75) is 4.90 Å². The van der Waals surface area contributed by atoms with Crippen LogP contribution in [-0.4, -0.2) is 5.71 Å². The molecule has 0 bridgehead atoms. The summed E-state index contributed by atoms with van der Waals surface area (Å²) in [5, 5.41) is 1.82. The highest BCUT2D eigenvalue weighted by Gasteiger charge is 2.07. The molecule has 0 heterocycles. The molecule has 0 N–H and O–H groups in total. The van der Waals surface area contributed by atoms with Crippen LogP contribution in [-0.2, 0) is 0 Å². The van der Waals surface area contributed by atoms with Crippen LogP contribution in [0.2, 0.25) is 0 Å². The maximum atomic E-state index is 14.2. The van der Waals surface area contributed by atoms with E-state index in [0.717, 1.165) is 9.37 Å². The van der Waals surface area contributed by atoms with Gasteiger partial charge in [0.1, 0.15) is 11.6 Å². The summed E-state index contributed by atoms with van der Waals surface area (Å²) in [5.41, 5.74) is 1.65. The Morgan fingerprint density at radius 3 is 2.42 bits per heavy atom. The zero-order valence-corrected chi connectivity index (χ0v) is 16.0. The third-order valence-corrected chi connectivity index (χ3v) is 4.76. The normalized spacial score (nSPS) is 11.9. The Kier molecular flexibility index (Phi) is 6.36. The van der Waals surface area contributed by atoms with E-state index in [0.29, 0.717) is 17.0 Å². The number of rotatable bonds is 5. The quantitative estimate of drug-likeness (QED) is 0.309. The Bertz CT molecular complexity index is 952. The lowest BCUT2D eigenvalue weighted by Crippen LogP contribution is -1.99. The zero-order chi connectivity index (χ0) is 18.4. The molecule has 3 aromatic carbocycles. The number of thioether (sulfide) groups is 1. The van der Waals surface area contributed by atoms with Crippen molar-refractivity contribution in [1.29, 1.82) is 0 Å². The van der Waals surface area contributed by atoms with Crippen LogP contribution in [0.1, 0.15) is 5.56 Å². The maximum absolute atomic E-state index is 14.2. The smallest absolute Gasteiger partial charge is 0.132 e. The van der Waals surface area contributed by atoms with Gasteiger partial charge in [-0.3, -0.25) is 0 Å². The molecular weight excluding hydrogens is 416 g/mol. The van der Waals surface area contributed by atoms with Gasteiger partial charge in [-0.15, -0.1) is 0 Å². The minimum absolute atomic E-state index is 0.276. The van der Waals surface area contributed by atoms with Crippen LogP contribution in [0.25, 0.3) is 0 Å². The average molecular weight is 430 g/mol. The first kappa shape index (κ1) is 18.5. The average Bonchev–Trinajstić information content (AvgIpc) is 2.63. The second-order valence-corrected chi connectivity index (χ2v) is 7.23. The van der Waals surface area contributed by atoms with Crippen LogP contribution < -0.4 is 0 Å². The summed E-state index contributed by atoms with van der Waals surface area (Å²) in [4.78, 5) is 5.47. The molecule has 0 aromatic heterocycles. The summed E-state index contributed by atoms with van der Waals surface area (Å²) in [6, 6.07) is 20.2. The Labute approximate surface area is 163 Å². The van der Waals surface area contributed by atoms with Crippen LogP contribution >= 0.6 is 27.7 Å². The fraction of sp³-hybridized carbons (Fsp3) is 0. The Hall–Kier alpha value is -2.24. The van der Waals surface area contributed by atoms with E-state index in [1.165, 1.54) is 30.0 Å². The van der Waals surface area contributed by atoms with Gasteiger partial charge in [0.2, 0.25) is 0 Å². The highest BCUT2D eigenvalue weighted by atomic mass is 79.9. The monoisotopic (exact) mass is 429 g/mol. The van der Waals surface area contributed by atoms with Crippen molar-refractivity contribution < 1.29 is 8.78 Å². The number of hydrogen-bond donors (Lipinski definition) is 0. The SMILES string of the molecule is Fc1ccc(SC=CC(=Nc2cccc(Br)c2)c2ccccc2F)cc1. The van der Waals surface area contributed by atoms with E-state index < -0.39 is 0 Å². The van der Waals surface area contributed by atoms with Crippen molar-refractivity contribution in [1.82, 2.24) is 0 Å². The van der Waals surface area contributed by atoms with Crippen LogP contribution in [0.15, 0.2) is 98.6 Å². The first-order valence-electron chi connectivity index (χ1n) is 7.80. The summed E-state index contributed by atoms with van der Waals surface area (Å²) in [6.45, 7) is 0. The Morgan fingerprint density at radius 1 is 0.923 bits per heavy atom. The van der Waals surface area contributed by atoms with Crippen molar-refractivity contribution in [2.75, 3.05) is 0 Å².